The SMILES string of the molecule is COc1cc(C(=O)Nc2ncn(Cc3ccc(Br)cc3)n2)ccc1OC(F)F. The van der Waals surface area contributed by atoms with Crippen molar-refractivity contribution in [3.05, 3.63) is 64.4 Å². The monoisotopic (exact) mass is 452 g/mol. The minimum Gasteiger partial charge on any atom is -0.493 e. The number of anilines is 1. The zero-order chi connectivity index (χ0) is 20.1. The summed E-state index contributed by atoms with van der Waals surface area (Å²) in [5.74, 6) is -0.537. The summed E-state index contributed by atoms with van der Waals surface area (Å²) in [5.41, 5.74) is 1.20. The lowest BCUT2D eigenvalue weighted by Gasteiger charge is -2.11. The van der Waals surface area contributed by atoms with Crippen LogP contribution in [0.5, 0.6) is 11.5 Å². The van der Waals surface area contributed by atoms with E-state index in [1.54, 1.807) is 4.68 Å². The molecule has 7 nitrogen and oxygen atoms in total. The molecule has 0 radical (unpaired) electrons. The van der Waals surface area contributed by atoms with E-state index in [-0.39, 0.29) is 23.0 Å². The maximum Gasteiger partial charge on any atom is 0.387 e. The summed E-state index contributed by atoms with van der Waals surface area (Å²) >= 11 is 3.37. The number of methoxy groups -OCH3 is 1. The Labute approximate surface area is 167 Å². The molecule has 1 heterocycles. The number of carbonyl (C=O) groups excluding carboxylic acids is 1. The Morgan fingerprint density at radius 1 is 1.21 bits per heavy atom. The van der Waals surface area contributed by atoms with Crippen molar-refractivity contribution in [2.75, 3.05) is 12.4 Å². The number of hydrogen-bond acceptors (Lipinski definition) is 5. The third-order valence-corrected chi connectivity index (χ3v) is 4.19. The van der Waals surface area contributed by atoms with Crippen molar-refractivity contribution in [3.63, 3.8) is 0 Å². The molecule has 2 aromatic carbocycles. The molecule has 0 aliphatic heterocycles. The largest absolute Gasteiger partial charge is 0.493 e. The van der Waals surface area contributed by atoms with Crippen molar-refractivity contribution in [1.29, 1.82) is 0 Å². The van der Waals surface area contributed by atoms with Gasteiger partial charge in [-0.3, -0.25) is 10.1 Å². The van der Waals surface area contributed by atoms with E-state index in [1.807, 2.05) is 24.3 Å². The van der Waals surface area contributed by atoms with Crippen LogP contribution in [0, 0.1) is 0 Å². The van der Waals surface area contributed by atoms with Gasteiger partial charge in [-0.25, -0.2) is 9.67 Å². The molecule has 0 aliphatic carbocycles. The summed E-state index contributed by atoms with van der Waals surface area (Å²) in [6.45, 7) is -2.50. The number of rotatable bonds is 7. The van der Waals surface area contributed by atoms with Crippen molar-refractivity contribution < 1.29 is 23.0 Å². The van der Waals surface area contributed by atoms with Crippen LogP contribution in [0.1, 0.15) is 15.9 Å². The first-order valence-electron chi connectivity index (χ1n) is 8.02. The lowest BCUT2D eigenvalue weighted by atomic mass is 10.2. The minimum absolute atomic E-state index is 0.0154. The topological polar surface area (TPSA) is 78.3 Å². The predicted octanol–water partition coefficient (Wildman–Crippen LogP) is 3.95. The van der Waals surface area contributed by atoms with E-state index in [2.05, 4.69) is 36.1 Å². The number of halogens is 3. The van der Waals surface area contributed by atoms with E-state index in [1.165, 1.54) is 31.6 Å². The van der Waals surface area contributed by atoms with Gasteiger partial charge in [-0.05, 0) is 35.9 Å². The molecule has 3 aromatic rings. The van der Waals surface area contributed by atoms with E-state index in [0.29, 0.717) is 6.54 Å². The van der Waals surface area contributed by atoms with Gasteiger partial charge >= 0.3 is 6.61 Å². The number of carbonyl (C=O) groups is 1. The number of ether oxygens (including phenoxy) is 2. The van der Waals surface area contributed by atoms with Gasteiger partial charge in [0.15, 0.2) is 11.5 Å². The molecule has 3 rings (SSSR count). The van der Waals surface area contributed by atoms with Crippen LogP contribution in [0.3, 0.4) is 0 Å². The standard InChI is InChI=1S/C18H15BrF2N4O3/c1-27-15-8-12(4-7-14(15)28-17(20)21)16(26)23-18-22-10-25(24-18)9-11-2-5-13(19)6-3-11/h2-8,10,17H,9H2,1H3,(H,23,24,26). The second-order valence-corrected chi connectivity index (χ2v) is 6.51. The van der Waals surface area contributed by atoms with Crippen LogP contribution in [-0.4, -0.2) is 34.4 Å². The summed E-state index contributed by atoms with van der Waals surface area (Å²) in [7, 11) is 1.29. The third-order valence-electron chi connectivity index (χ3n) is 3.66. The Kier molecular flexibility index (Phi) is 6.19. The highest BCUT2D eigenvalue weighted by Crippen LogP contribution is 2.29. The van der Waals surface area contributed by atoms with Crippen LogP contribution in [-0.2, 0) is 6.54 Å². The average Bonchev–Trinajstić information content (AvgIpc) is 3.10. The van der Waals surface area contributed by atoms with Gasteiger partial charge in [0, 0.05) is 10.0 Å². The van der Waals surface area contributed by atoms with Gasteiger partial charge in [0.1, 0.15) is 6.33 Å². The zero-order valence-corrected chi connectivity index (χ0v) is 16.2. The third kappa shape index (κ3) is 5.03. The summed E-state index contributed by atoms with van der Waals surface area (Å²) in [6, 6.07) is 11.6. The second-order valence-electron chi connectivity index (χ2n) is 5.59. The van der Waals surface area contributed by atoms with E-state index in [4.69, 9.17) is 4.74 Å². The van der Waals surface area contributed by atoms with Crippen molar-refractivity contribution in [2.45, 2.75) is 13.2 Å². The molecule has 28 heavy (non-hydrogen) atoms. The van der Waals surface area contributed by atoms with Gasteiger partial charge in [-0.2, -0.15) is 8.78 Å². The first-order valence-corrected chi connectivity index (χ1v) is 8.82. The van der Waals surface area contributed by atoms with Gasteiger partial charge in [0.25, 0.3) is 5.91 Å². The molecule has 10 heteroatoms. The van der Waals surface area contributed by atoms with E-state index < -0.39 is 12.5 Å². The normalized spacial score (nSPS) is 10.8. The number of nitrogens with zero attached hydrogens (tertiary/aromatic N) is 3. The molecule has 1 amide bonds. The molecule has 0 aliphatic rings. The molecule has 0 bridgehead atoms. The van der Waals surface area contributed by atoms with Crippen LogP contribution < -0.4 is 14.8 Å². The van der Waals surface area contributed by atoms with Gasteiger partial charge < -0.3 is 9.47 Å². The summed E-state index contributed by atoms with van der Waals surface area (Å²) in [6.07, 6.45) is 1.50. The van der Waals surface area contributed by atoms with Crippen LogP contribution in [0.4, 0.5) is 14.7 Å². The van der Waals surface area contributed by atoms with E-state index >= 15 is 0 Å². The predicted molar refractivity (Wildman–Crippen MR) is 101 cm³/mol. The fourth-order valence-electron chi connectivity index (χ4n) is 2.38. The van der Waals surface area contributed by atoms with E-state index in [0.717, 1.165) is 10.0 Å². The molecule has 0 saturated carbocycles. The molecular weight excluding hydrogens is 438 g/mol. The van der Waals surface area contributed by atoms with Crippen molar-refractivity contribution in [1.82, 2.24) is 14.8 Å². The average molecular weight is 453 g/mol. The summed E-state index contributed by atoms with van der Waals surface area (Å²) in [4.78, 5) is 16.4. The summed E-state index contributed by atoms with van der Waals surface area (Å²) in [5, 5.41) is 6.75. The van der Waals surface area contributed by atoms with Crippen LogP contribution in [0.25, 0.3) is 0 Å². The Balaban J connectivity index is 1.68. The number of amides is 1. The van der Waals surface area contributed by atoms with Gasteiger partial charge in [0.05, 0.1) is 13.7 Å². The highest BCUT2D eigenvalue weighted by molar-refractivity contribution is 9.10. The fourth-order valence-corrected chi connectivity index (χ4v) is 2.65. The molecule has 146 valence electrons. The van der Waals surface area contributed by atoms with Crippen molar-refractivity contribution in [2.24, 2.45) is 0 Å². The van der Waals surface area contributed by atoms with Gasteiger partial charge in [-0.15, -0.1) is 5.10 Å². The second kappa shape index (κ2) is 8.79. The molecule has 0 spiro atoms. The lowest BCUT2D eigenvalue weighted by molar-refractivity contribution is -0.0512. The minimum atomic E-state index is -2.99. The van der Waals surface area contributed by atoms with Crippen LogP contribution in [0.2, 0.25) is 0 Å². The first kappa shape index (κ1) is 19.7. The summed E-state index contributed by atoms with van der Waals surface area (Å²) < 4.78 is 36.6. The molecule has 0 saturated heterocycles. The van der Waals surface area contributed by atoms with Crippen molar-refractivity contribution >= 4 is 27.8 Å². The van der Waals surface area contributed by atoms with Gasteiger partial charge in [-0.1, -0.05) is 28.1 Å². The molecular formula is C18H15BrF2N4O3. The first-order chi connectivity index (χ1) is 13.4. The Morgan fingerprint density at radius 2 is 1.96 bits per heavy atom. The maximum absolute atomic E-state index is 12.4. The smallest absolute Gasteiger partial charge is 0.387 e. The lowest BCUT2D eigenvalue weighted by Crippen LogP contribution is -2.14. The fraction of sp³-hybridized carbons (Fsp3) is 0.167. The quantitative estimate of drug-likeness (QED) is 0.586. The Bertz CT molecular complexity index is 964. The zero-order valence-electron chi connectivity index (χ0n) is 14.6. The van der Waals surface area contributed by atoms with Crippen LogP contribution >= 0.6 is 15.9 Å². The van der Waals surface area contributed by atoms with E-state index in [9.17, 15) is 13.6 Å². The molecule has 0 fully saturated rings. The number of alkyl halides is 2. The maximum atomic E-state index is 12.4. The Morgan fingerprint density at radius 3 is 2.64 bits per heavy atom. The van der Waals surface area contributed by atoms with Gasteiger partial charge in [0.2, 0.25) is 5.95 Å². The number of aromatic nitrogens is 3. The number of hydrogen-bond donors (Lipinski definition) is 1. The number of nitrogens with one attached hydrogen (secondary N) is 1. The molecule has 1 N–H and O–H groups in total. The number of benzene rings is 2. The Hall–Kier alpha value is -3.01. The highest BCUT2D eigenvalue weighted by Gasteiger charge is 2.15. The van der Waals surface area contributed by atoms with Crippen LogP contribution in [0.15, 0.2) is 53.3 Å². The molecule has 1 aromatic heterocycles. The molecule has 0 atom stereocenters. The van der Waals surface area contributed by atoms with Crippen molar-refractivity contribution in [3.8, 4) is 11.5 Å². The highest BCUT2D eigenvalue weighted by atomic mass is 79.9. The molecule has 0 unspecified atom stereocenters.